The monoisotopic (exact) mass is 388 g/mol. The van der Waals surface area contributed by atoms with Crippen LogP contribution in [0.1, 0.15) is 19.3 Å². The highest BCUT2D eigenvalue weighted by Crippen LogP contribution is 2.38. The first-order valence-corrected chi connectivity index (χ1v) is 10.7. The van der Waals surface area contributed by atoms with Crippen molar-refractivity contribution in [1.29, 1.82) is 0 Å². The van der Waals surface area contributed by atoms with Crippen molar-refractivity contribution in [3.63, 3.8) is 0 Å². The van der Waals surface area contributed by atoms with E-state index in [-0.39, 0.29) is 6.16 Å². The summed E-state index contributed by atoms with van der Waals surface area (Å²) in [6, 6.07) is 5.93. The van der Waals surface area contributed by atoms with Crippen LogP contribution in [-0.2, 0) is 4.57 Å². The molecule has 0 atom stereocenters. The first kappa shape index (κ1) is 18.0. The van der Waals surface area contributed by atoms with E-state index in [0.717, 1.165) is 48.3 Å². The Morgan fingerprint density at radius 1 is 1.19 bits per heavy atom. The Kier molecular flexibility index (Phi) is 4.90. The molecule has 0 bridgehead atoms. The highest BCUT2D eigenvalue weighted by Gasteiger charge is 2.24. The molecule has 0 amide bonds. The molecule has 1 aliphatic rings. The van der Waals surface area contributed by atoms with Crippen molar-refractivity contribution in [3.05, 3.63) is 36.9 Å². The quantitative estimate of drug-likeness (QED) is 0.638. The van der Waals surface area contributed by atoms with E-state index in [1.807, 2.05) is 18.2 Å². The molecular formula is C17H21N6O3P. The van der Waals surface area contributed by atoms with Crippen LogP contribution in [0, 0.1) is 5.92 Å². The minimum absolute atomic E-state index is 0.0286. The van der Waals surface area contributed by atoms with E-state index in [4.69, 9.17) is 9.79 Å². The minimum atomic E-state index is -3.91. The summed E-state index contributed by atoms with van der Waals surface area (Å²) in [5, 5.41) is 8.82. The summed E-state index contributed by atoms with van der Waals surface area (Å²) in [5.74, 6) is 1.25. The molecule has 9 nitrogen and oxygen atoms in total. The summed E-state index contributed by atoms with van der Waals surface area (Å²) in [6.07, 6.45) is 7.34. The fourth-order valence-corrected chi connectivity index (χ4v) is 4.26. The van der Waals surface area contributed by atoms with Crippen LogP contribution in [0.25, 0.3) is 16.6 Å². The van der Waals surface area contributed by atoms with E-state index in [9.17, 15) is 4.57 Å². The van der Waals surface area contributed by atoms with E-state index in [1.54, 1.807) is 23.4 Å². The number of nitrogens with zero attached hydrogens (tertiary/aromatic N) is 6. The zero-order valence-electron chi connectivity index (χ0n) is 14.7. The van der Waals surface area contributed by atoms with Crippen LogP contribution in [0.15, 0.2) is 36.9 Å². The van der Waals surface area contributed by atoms with Crippen LogP contribution in [0.4, 0.5) is 5.82 Å². The molecule has 0 spiro atoms. The van der Waals surface area contributed by atoms with Crippen LogP contribution in [0.3, 0.4) is 0 Å². The zero-order valence-corrected chi connectivity index (χ0v) is 15.6. The van der Waals surface area contributed by atoms with Crippen molar-refractivity contribution in [2.24, 2.45) is 5.92 Å². The van der Waals surface area contributed by atoms with Gasteiger partial charge in [-0.3, -0.25) is 4.57 Å². The fourth-order valence-electron chi connectivity index (χ4n) is 3.56. The Balaban J connectivity index is 1.50. The van der Waals surface area contributed by atoms with E-state index < -0.39 is 7.60 Å². The summed E-state index contributed by atoms with van der Waals surface area (Å²) in [7, 11) is -3.91. The maximum atomic E-state index is 11.1. The largest absolute Gasteiger partial charge is 0.356 e. The van der Waals surface area contributed by atoms with Crippen molar-refractivity contribution in [3.8, 4) is 5.69 Å². The van der Waals surface area contributed by atoms with Crippen molar-refractivity contribution < 1.29 is 14.4 Å². The van der Waals surface area contributed by atoms with E-state index in [1.165, 1.54) is 0 Å². The summed E-state index contributed by atoms with van der Waals surface area (Å²) in [5.41, 5.74) is 1.73. The van der Waals surface area contributed by atoms with Gasteiger partial charge >= 0.3 is 7.60 Å². The van der Waals surface area contributed by atoms with Gasteiger partial charge in [-0.15, -0.1) is 5.10 Å². The Hall–Kier alpha value is -2.35. The SMILES string of the molecule is O=P(O)(O)CCC1CCN(c2ncnc3cc(-n4ccnn4)ccc23)CC1. The third-order valence-corrected chi connectivity index (χ3v) is 5.87. The maximum absolute atomic E-state index is 11.1. The fraction of sp³-hybridized carbons (Fsp3) is 0.412. The molecule has 4 rings (SSSR count). The average molecular weight is 388 g/mol. The molecule has 2 N–H and O–H groups in total. The molecule has 142 valence electrons. The predicted octanol–water partition coefficient (Wildman–Crippen LogP) is 1.99. The normalized spacial score (nSPS) is 16.1. The second-order valence-corrected chi connectivity index (χ2v) is 8.63. The Morgan fingerprint density at radius 2 is 2.00 bits per heavy atom. The predicted molar refractivity (Wildman–Crippen MR) is 101 cm³/mol. The van der Waals surface area contributed by atoms with Gasteiger partial charge in [0, 0.05) is 18.5 Å². The van der Waals surface area contributed by atoms with E-state index >= 15 is 0 Å². The number of piperidine rings is 1. The Morgan fingerprint density at radius 3 is 2.70 bits per heavy atom. The lowest BCUT2D eigenvalue weighted by Gasteiger charge is -2.33. The maximum Gasteiger partial charge on any atom is 0.325 e. The molecule has 0 saturated carbocycles. The van der Waals surface area contributed by atoms with E-state index in [2.05, 4.69) is 25.2 Å². The smallest absolute Gasteiger partial charge is 0.325 e. The van der Waals surface area contributed by atoms with Crippen LogP contribution in [0.2, 0.25) is 0 Å². The Bertz CT molecular complexity index is 966. The van der Waals surface area contributed by atoms with Gasteiger partial charge in [-0.05, 0) is 43.4 Å². The second-order valence-electron chi connectivity index (χ2n) is 6.85. The summed E-state index contributed by atoms with van der Waals surface area (Å²) in [6.45, 7) is 1.64. The van der Waals surface area contributed by atoms with Gasteiger partial charge < -0.3 is 14.7 Å². The van der Waals surface area contributed by atoms with Gasteiger partial charge in [-0.2, -0.15) is 0 Å². The molecule has 1 saturated heterocycles. The number of benzene rings is 1. The number of hydrogen-bond donors (Lipinski definition) is 2. The van der Waals surface area contributed by atoms with Crippen LogP contribution < -0.4 is 4.90 Å². The number of hydrogen-bond acceptors (Lipinski definition) is 6. The number of rotatable bonds is 5. The van der Waals surface area contributed by atoms with Crippen LogP contribution >= 0.6 is 7.60 Å². The molecule has 2 aromatic heterocycles. The third-order valence-electron chi connectivity index (χ3n) is 5.03. The standard InChI is InChI=1S/C17H21N6O3P/c24-27(25,26)10-5-13-3-7-22(8-4-13)17-15-2-1-14(23-9-6-20-21-23)11-16(15)18-12-19-17/h1-2,6,9,11-13H,3-5,7-8,10H2,(H2,24,25,26). The molecular weight excluding hydrogens is 367 g/mol. The van der Waals surface area contributed by atoms with Gasteiger partial charge in [-0.25, -0.2) is 14.6 Å². The molecule has 1 aliphatic heterocycles. The third kappa shape index (κ3) is 4.16. The van der Waals surface area contributed by atoms with Gasteiger partial charge in [0.2, 0.25) is 0 Å². The van der Waals surface area contributed by atoms with Crippen molar-refractivity contribution in [2.45, 2.75) is 19.3 Å². The van der Waals surface area contributed by atoms with E-state index in [0.29, 0.717) is 12.3 Å². The highest BCUT2D eigenvalue weighted by atomic mass is 31.2. The van der Waals surface area contributed by atoms with Crippen LogP contribution in [0.5, 0.6) is 0 Å². The minimum Gasteiger partial charge on any atom is -0.356 e. The van der Waals surface area contributed by atoms with Gasteiger partial charge in [0.1, 0.15) is 12.1 Å². The Labute approximate surface area is 156 Å². The van der Waals surface area contributed by atoms with Crippen LogP contribution in [-0.4, -0.2) is 54.0 Å². The molecule has 0 radical (unpaired) electrons. The molecule has 0 aliphatic carbocycles. The lowest BCUT2D eigenvalue weighted by Crippen LogP contribution is -2.34. The van der Waals surface area contributed by atoms with Gasteiger partial charge in [0.25, 0.3) is 0 Å². The topological polar surface area (TPSA) is 117 Å². The van der Waals surface area contributed by atoms with Gasteiger partial charge in [0.15, 0.2) is 0 Å². The molecule has 27 heavy (non-hydrogen) atoms. The second kappa shape index (κ2) is 7.34. The number of anilines is 1. The van der Waals surface area contributed by atoms with Gasteiger partial charge in [-0.1, -0.05) is 5.21 Å². The molecule has 3 heterocycles. The zero-order chi connectivity index (χ0) is 18.9. The first-order chi connectivity index (χ1) is 13.0. The molecule has 3 aromatic rings. The van der Waals surface area contributed by atoms with Crippen molar-refractivity contribution >= 4 is 24.3 Å². The summed E-state index contributed by atoms with van der Waals surface area (Å²) < 4.78 is 12.8. The molecule has 0 unspecified atom stereocenters. The highest BCUT2D eigenvalue weighted by molar-refractivity contribution is 7.51. The average Bonchev–Trinajstić information content (AvgIpc) is 3.20. The lowest BCUT2D eigenvalue weighted by atomic mass is 9.94. The summed E-state index contributed by atoms with van der Waals surface area (Å²) in [4.78, 5) is 29.2. The molecule has 1 fully saturated rings. The van der Waals surface area contributed by atoms with Crippen molar-refractivity contribution in [1.82, 2.24) is 25.0 Å². The molecule has 10 heteroatoms. The summed E-state index contributed by atoms with van der Waals surface area (Å²) >= 11 is 0. The first-order valence-electron chi connectivity index (χ1n) is 8.90. The number of aromatic nitrogens is 5. The lowest BCUT2D eigenvalue weighted by molar-refractivity contribution is 0.350. The van der Waals surface area contributed by atoms with Gasteiger partial charge in [0.05, 0.1) is 29.8 Å². The molecule has 1 aromatic carbocycles. The van der Waals surface area contributed by atoms with Crippen molar-refractivity contribution in [2.75, 3.05) is 24.2 Å². The number of fused-ring (bicyclic) bond motifs is 1.